The minimum Gasteiger partial charge on any atom is -0.493 e. The number of amides is 1. The first kappa shape index (κ1) is 15.6. The van der Waals surface area contributed by atoms with Gasteiger partial charge >= 0.3 is 0 Å². The Bertz CT molecular complexity index is 440. The summed E-state index contributed by atoms with van der Waals surface area (Å²) in [5.74, 6) is 0.196. The van der Waals surface area contributed by atoms with Gasteiger partial charge < -0.3 is 25.4 Å². The summed E-state index contributed by atoms with van der Waals surface area (Å²) < 4.78 is 10.2. The maximum Gasteiger partial charge on any atom is 0.255 e. The fourth-order valence-electron chi connectivity index (χ4n) is 1.46. The van der Waals surface area contributed by atoms with Crippen LogP contribution in [0.25, 0.3) is 0 Å². The van der Waals surface area contributed by atoms with Crippen LogP contribution >= 0.6 is 12.6 Å². The average molecular weight is 287 g/mol. The third kappa shape index (κ3) is 4.30. The number of aliphatic hydroxyl groups excluding tert-OH is 2. The van der Waals surface area contributed by atoms with E-state index in [1.807, 2.05) is 0 Å². The third-order valence-electron chi connectivity index (χ3n) is 2.45. The molecule has 0 aliphatic heterocycles. The smallest absolute Gasteiger partial charge is 0.255 e. The van der Waals surface area contributed by atoms with Crippen molar-refractivity contribution < 1.29 is 24.5 Å². The van der Waals surface area contributed by atoms with Crippen molar-refractivity contribution in [3.63, 3.8) is 0 Å². The Hall–Kier alpha value is -1.44. The van der Waals surface area contributed by atoms with E-state index < -0.39 is 18.1 Å². The lowest BCUT2D eigenvalue weighted by atomic mass is 10.0. The Morgan fingerprint density at radius 3 is 2.63 bits per heavy atom. The molecule has 0 aromatic heterocycles. The van der Waals surface area contributed by atoms with E-state index in [1.54, 1.807) is 6.07 Å². The Kier molecular flexibility index (Phi) is 5.94. The molecule has 7 heteroatoms. The van der Waals surface area contributed by atoms with E-state index in [1.165, 1.54) is 19.2 Å². The Morgan fingerprint density at radius 2 is 2.11 bits per heavy atom. The molecule has 2 unspecified atom stereocenters. The fraction of sp³-hybridized carbons (Fsp3) is 0.417. The first-order valence-corrected chi connectivity index (χ1v) is 6.18. The second-order valence-electron chi connectivity index (χ2n) is 3.86. The molecule has 1 aromatic rings. The summed E-state index contributed by atoms with van der Waals surface area (Å²) in [6.07, 6.45) is -2.05. The van der Waals surface area contributed by atoms with Crippen molar-refractivity contribution in [2.45, 2.75) is 12.2 Å². The van der Waals surface area contributed by atoms with Crippen LogP contribution < -0.4 is 15.2 Å². The van der Waals surface area contributed by atoms with E-state index in [9.17, 15) is 15.0 Å². The zero-order chi connectivity index (χ0) is 14.4. The van der Waals surface area contributed by atoms with Crippen molar-refractivity contribution in [2.24, 2.45) is 5.73 Å². The summed E-state index contributed by atoms with van der Waals surface area (Å²) in [6.45, 7) is -0.266. The van der Waals surface area contributed by atoms with Crippen molar-refractivity contribution in [2.75, 3.05) is 19.5 Å². The van der Waals surface area contributed by atoms with Crippen LogP contribution in [0, 0.1) is 0 Å². The highest BCUT2D eigenvalue weighted by Crippen LogP contribution is 2.31. The fourth-order valence-corrected chi connectivity index (χ4v) is 1.66. The van der Waals surface area contributed by atoms with Gasteiger partial charge in [0.2, 0.25) is 0 Å². The number of rotatable bonds is 7. The standard InChI is InChI=1S/C12H17NO5S/c1-17-10-4-7(12(16)8(14)6-19)2-3-9(10)18-5-11(13)15/h2-4,8,12,14,16,19H,5-6H2,1H3,(H2,13,15). The highest BCUT2D eigenvalue weighted by molar-refractivity contribution is 7.80. The first-order chi connectivity index (χ1) is 8.99. The molecule has 0 aliphatic rings. The number of methoxy groups -OCH3 is 1. The topological polar surface area (TPSA) is 102 Å². The van der Waals surface area contributed by atoms with Crippen molar-refractivity contribution in [1.82, 2.24) is 0 Å². The Labute approximate surface area is 116 Å². The molecule has 0 bridgehead atoms. The molecule has 1 aromatic carbocycles. The van der Waals surface area contributed by atoms with Gasteiger partial charge in [-0.2, -0.15) is 12.6 Å². The number of ether oxygens (including phenoxy) is 2. The molecular formula is C12H17NO5S. The molecular weight excluding hydrogens is 270 g/mol. The van der Waals surface area contributed by atoms with Gasteiger partial charge in [0.05, 0.1) is 13.2 Å². The second-order valence-corrected chi connectivity index (χ2v) is 4.23. The lowest BCUT2D eigenvalue weighted by Gasteiger charge is -2.18. The van der Waals surface area contributed by atoms with E-state index in [4.69, 9.17) is 15.2 Å². The highest BCUT2D eigenvalue weighted by atomic mass is 32.1. The maximum absolute atomic E-state index is 10.7. The minimum atomic E-state index is -1.07. The number of hydrogen-bond donors (Lipinski definition) is 4. The van der Waals surface area contributed by atoms with Gasteiger partial charge in [-0.1, -0.05) is 6.07 Å². The predicted molar refractivity (Wildman–Crippen MR) is 72.5 cm³/mol. The van der Waals surface area contributed by atoms with Gasteiger partial charge in [0.1, 0.15) is 6.10 Å². The minimum absolute atomic E-state index is 0.128. The summed E-state index contributed by atoms with van der Waals surface area (Å²) >= 11 is 3.91. The molecule has 0 saturated heterocycles. The van der Waals surface area contributed by atoms with Crippen LogP contribution in [-0.2, 0) is 4.79 Å². The molecule has 6 nitrogen and oxygen atoms in total. The van der Waals surface area contributed by atoms with Crippen LogP contribution in [0.2, 0.25) is 0 Å². The van der Waals surface area contributed by atoms with Crippen molar-refractivity contribution in [3.05, 3.63) is 23.8 Å². The van der Waals surface area contributed by atoms with Crippen molar-refractivity contribution in [3.8, 4) is 11.5 Å². The molecule has 0 spiro atoms. The average Bonchev–Trinajstić information content (AvgIpc) is 2.43. The molecule has 0 aliphatic carbocycles. The summed E-state index contributed by atoms with van der Waals surface area (Å²) in [4.78, 5) is 10.7. The van der Waals surface area contributed by atoms with E-state index >= 15 is 0 Å². The number of carbonyl (C=O) groups excluding carboxylic acids is 1. The van der Waals surface area contributed by atoms with Gasteiger partial charge in [-0.3, -0.25) is 4.79 Å². The number of aliphatic hydroxyl groups is 2. The van der Waals surface area contributed by atoms with Gasteiger partial charge in [-0.15, -0.1) is 0 Å². The number of thiol groups is 1. The lowest BCUT2D eigenvalue weighted by Crippen LogP contribution is -2.21. The number of nitrogens with two attached hydrogens (primary N) is 1. The van der Waals surface area contributed by atoms with E-state index in [0.29, 0.717) is 17.1 Å². The summed E-state index contributed by atoms with van der Waals surface area (Å²) in [6, 6.07) is 4.62. The Morgan fingerprint density at radius 1 is 1.42 bits per heavy atom. The Balaban J connectivity index is 2.91. The lowest BCUT2D eigenvalue weighted by molar-refractivity contribution is -0.119. The van der Waals surface area contributed by atoms with E-state index in [2.05, 4.69) is 12.6 Å². The SMILES string of the molecule is COc1cc(C(O)C(O)CS)ccc1OCC(N)=O. The number of primary amides is 1. The zero-order valence-electron chi connectivity index (χ0n) is 10.4. The third-order valence-corrected chi connectivity index (χ3v) is 2.82. The number of carbonyl (C=O) groups is 1. The quantitative estimate of drug-likeness (QED) is 0.524. The van der Waals surface area contributed by atoms with Crippen LogP contribution in [-0.4, -0.2) is 41.7 Å². The molecule has 0 saturated carbocycles. The van der Waals surface area contributed by atoms with Gasteiger partial charge in [-0.25, -0.2) is 0 Å². The van der Waals surface area contributed by atoms with Crippen molar-refractivity contribution in [1.29, 1.82) is 0 Å². The van der Waals surface area contributed by atoms with Crippen molar-refractivity contribution >= 4 is 18.5 Å². The molecule has 1 amide bonds. The molecule has 0 radical (unpaired) electrons. The molecule has 0 fully saturated rings. The summed E-state index contributed by atoms with van der Waals surface area (Å²) in [5.41, 5.74) is 5.44. The molecule has 2 atom stereocenters. The second kappa shape index (κ2) is 7.22. The van der Waals surface area contributed by atoms with E-state index in [-0.39, 0.29) is 12.4 Å². The van der Waals surface area contributed by atoms with Gasteiger partial charge in [-0.05, 0) is 17.7 Å². The van der Waals surface area contributed by atoms with Crippen LogP contribution in [0.1, 0.15) is 11.7 Å². The number of benzene rings is 1. The molecule has 0 heterocycles. The highest BCUT2D eigenvalue weighted by Gasteiger charge is 2.18. The van der Waals surface area contributed by atoms with Gasteiger partial charge in [0.15, 0.2) is 18.1 Å². The molecule has 1 rings (SSSR count). The summed E-state index contributed by atoms with van der Waals surface area (Å²) in [7, 11) is 1.43. The first-order valence-electron chi connectivity index (χ1n) is 5.55. The molecule has 4 N–H and O–H groups in total. The largest absolute Gasteiger partial charge is 0.493 e. The predicted octanol–water partition coefficient (Wildman–Crippen LogP) is -0.117. The van der Waals surface area contributed by atoms with Crippen LogP contribution in [0.15, 0.2) is 18.2 Å². The number of hydrogen-bond acceptors (Lipinski definition) is 6. The van der Waals surface area contributed by atoms with Crippen LogP contribution in [0.4, 0.5) is 0 Å². The molecule has 19 heavy (non-hydrogen) atoms. The van der Waals surface area contributed by atoms with E-state index in [0.717, 1.165) is 0 Å². The van der Waals surface area contributed by atoms with Gasteiger partial charge in [0, 0.05) is 5.75 Å². The van der Waals surface area contributed by atoms with Crippen LogP contribution in [0.3, 0.4) is 0 Å². The maximum atomic E-state index is 10.7. The monoisotopic (exact) mass is 287 g/mol. The zero-order valence-corrected chi connectivity index (χ0v) is 11.3. The molecule has 106 valence electrons. The normalized spacial score (nSPS) is 13.7. The van der Waals surface area contributed by atoms with Gasteiger partial charge in [0.25, 0.3) is 5.91 Å². The summed E-state index contributed by atoms with van der Waals surface area (Å²) in [5, 5.41) is 19.4. The van der Waals surface area contributed by atoms with Crippen LogP contribution in [0.5, 0.6) is 11.5 Å².